The number of amides is 1. The summed E-state index contributed by atoms with van der Waals surface area (Å²) >= 11 is 3.29. The van der Waals surface area contributed by atoms with Crippen molar-refractivity contribution in [2.24, 2.45) is 5.92 Å². The van der Waals surface area contributed by atoms with Crippen molar-refractivity contribution in [2.75, 3.05) is 19.3 Å². The summed E-state index contributed by atoms with van der Waals surface area (Å²) in [5.74, 6) is 1.23. The summed E-state index contributed by atoms with van der Waals surface area (Å²) in [6.45, 7) is 0.454. The number of thiazole rings is 1. The Kier molecular flexibility index (Phi) is 5.00. The largest absolute Gasteiger partial charge is 0.391 e. The van der Waals surface area contributed by atoms with Gasteiger partial charge in [-0.05, 0) is 30.9 Å². The number of para-hydroxylation sites is 1. The van der Waals surface area contributed by atoms with Crippen LogP contribution in [0.1, 0.15) is 19.3 Å². The second-order valence-corrected chi connectivity index (χ2v) is 8.10. The number of carbonyl (C=O) groups excluding carboxylic acids is 1. The van der Waals surface area contributed by atoms with E-state index in [9.17, 15) is 9.90 Å². The molecule has 0 saturated heterocycles. The number of benzene rings is 1. The van der Waals surface area contributed by atoms with E-state index in [1.165, 1.54) is 4.70 Å². The maximum absolute atomic E-state index is 12.1. The molecule has 22 heavy (non-hydrogen) atoms. The van der Waals surface area contributed by atoms with E-state index >= 15 is 0 Å². The van der Waals surface area contributed by atoms with Crippen LogP contribution in [0.5, 0.6) is 0 Å². The Balaban J connectivity index is 1.44. The maximum Gasteiger partial charge on any atom is 0.223 e. The fourth-order valence-corrected chi connectivity index (χ4v) is 4.41. The first-order chi connectivity index (χ1) is 10.6. The molecule has 0 bridgehead atoms. The summed E-state index contributed by atoms with van der Waals surface area (Å²) in [5, 5.41) is 9.88. The fourth-order valence-electron chi connectivity index (χ4n) is 2.34. The minimum atomic E-state index is -0.356. The van der Waals surface area contributed by atoms with Gasteiger partial charge in [0.05, 0.1) is 16.3 Å². The van der Waals surface area contributed by atoms with Crippen LogP contribution in [0.25, 0.3) is 10.2 Å². The van der Waals surface area contributed by atoms with E-state index in [4.69, 9.17) is 0 Å². The van der Waals surface area contributed by atoms with Gasteiger partial charge >= 0.3 is 0 Å². The number of hydrogen-bond donors (Lipinski definition) is 1. The third-order valence-corrected chi connectivity index (χ3v) is 6.05. The average molecular weight is 336 g/mol. The van der Waals surface area contributed by atoms with E-state index in [0.29, 0.717) is 18.9 Å². The number of aromatic nitrogens is 1. The summed E-state index contributed by atoms with van der Waals surface area (Å²) in [7, 11) is 1.77. The van der Waals surface area contributed by atoms with Gasteiger partial charge in [-0.15, -0.1) is 11.3 Å². The van der Waals surface area contributed by atoms with Gasteiger partial charge in [0.15, 0.2) is 4.34 Å². The molecule has 1 unspecified atom stereocenters. The molecule has 0 radical (unpaired) electrons. The van der Waals surface area contributed by atoms with Crippen molar-refractivity contribution in [3.63, 3.8) is 0 Å². The summed E-state index contributed by atoms with van der Waals surface area (Å²) < 4.78 is 2.19. The van der Waals surface area contributed by atoms with E-state index in [-0.39, 0.29) is 12.0 Å². The molecule has 6 heteroatoms. The molecular formula is C16H20N2O2S2. The van der Waals surface area contributed by atoms with Crippen LogP contribution in [0.3, 0.4) is 0 Å². The van der Waals surface area contributed by atoms with Crippen LogP contribution in [-0.2, 0) is 4.79 Å². The minimum Gasteiger partial charge on any atom is -0.391 e. The van der Waals surface area contributed by atoms with Crippen molar-refractivity contribution in [1.29, 1.82) is 0 Å². The van der Waals surface area contributed by atoms with E-state index < -0.39 is 0 Å². The molecule has 0 spiro atoms. The lowest BCUT2D eigenvalue weighted by atomic mass is 10.2. The van der Waals surface area contributed by atoms with Crippen molar-refractivity contribution >= 4 is 39.2 Å². The van der Waals surface area contributed by atoms with Crippen LogP contribution >= 0.6 is 23.1 Å². The lowest BCUT2D eigenvalue weighted by molar-refractivity contribution is -0.130. The molecule has 2 aromatic rings. The molecule has 1 aromatic carbocycles. The SMILES string of the molecule is CN(CC(O)C1CC1)C(=O)CCSc1nc2ccccc2s1. The maximum atomic E-state index is 12.1. The Labute approximate surface area is 138 Å². The molecule has 1 aliphatic rings. The van der Waals surface area contributed by atoms with Crippen molar-refractivity contribution < 1.29 is 9.90 Å². The Morgan fingerprint density at radius 2 is 2.27 bits per heavy atom. The topological polar surface area (TPSA) is 53.4 Å². The first-order valence-corrected chi connectivity index (χ1v) is 9.34. The summed E-state index contributed by atoms with van der Waals surface area (Å²) in [6.07, 6.45) is 2.31. The van der Waals surface area contributed by atoms with Gasteiger partial charge in [-0.1, -0.05) is 23.9 Å². The summed E-state index contributed by atoms with van der Waals surface area (Å²) in [4.78, 5) is 18.3. The standard InChI is InChI=1S/C16H20N2O2S2/c1-18(10-13(19)11-6-7-11)15(20)8-9-21-16-17-12-4-2-3-5-14(12)22-16/h2-5,11,13,19H,6-10H2,1H3. The van der Waals surface area contributed by atoms with Gasteiger partial charge in [-0.25, -0.2) is 4.98 Å². The molecule has 4 nitrogen and oxygen atoms in total. The summed E-state index contributed by atoms with van der Waals surface area (Å²) in [5.41, 5.74) is 1.02. The Morgan fingerprint density at radius 3 is 3.00 bits per heavy atom. The molecule has 3 rings (SSSR count). The minimum absolute atomic E-state index is 0.0910. The number of aliphatic hydroxyl groups excluding tert-OH is 1. The number of hydrogen-bond acceptors (Lipinski definition) is 5. The number of fused-ring (bicyclic) bond motifs is 1. The molecule has 1 heterocycles. The van der Waals surface area contributed by atoms with Crippen LogP contribution in [0.4, 0.5) is 0 Å². The van der Waals surface area contributed by atoms with E-state index in [0.717, 1.165) is 28.5 Å². The van der Waals surface area contributed by atoms with Gasteiger partial charge in [-0.2, -0.15) is 0 Å². The first-order valence-electron chi connectivity index (χ1n) is 7.54. The molecule has 1 fully saturated rings. The van der Waals surface area contributed by atoms with Crippen LogP contribution in [0.2, 0.25) is 0 Å². The Bertz CT molecular complexity index is 621. The highest BCUT2D eigenvalue weighted by molar-refractivity contribution is 8.01. The van der Waals surface area contributed by atoms with Crippen molar-refractivity contribution in [3.05, 3.63) is 24.3 Å². The second kappa shape index (κ2) is 6.98. The van der Waals surface area contributed by atoms with Gasteiger partial charge in [0.25, 0.3) is 0 Å². The van der Waals surface area contributed by atoms with E-state index in [2.05, 4.69) is 11.1 Å². The molecular weight excluding hydrogens is 316 g/mol. The average Bonchev–Trinajstić information content (AvgIpc) is 3.27. The molecule has 1 amide bonds. The smallest absolute Gasteiger partial charge is 0.223 e. The molecule has 1 N–H and O–H groups in total. The number of likely N-dealkylation sites (N-methyl/N-ethyl adjacent to an activating group) is 1. The highest BCUT2D eigenvalue weighted by Crippen LogP contribution is 2.33. The first kappa shape index (κ1) is 15.8. The zero-order chi connectivity index (χ0) is 15.5. The van der Waals surface area contributed by atoms with Crippen LogP contribution < -0.4 is 0 Å². The Hall–Kier alpha value is -1.11. The molecule has 1 atom stereocenters. The number of rotatable bonds is 7. The fraction of sp³-hybridized carbons (Fsp3) is 0.500. The van der Waals surface area contributed by atoms with Gasteiger partial charge in [0, 0.05) is 25.8 Å². The van der Waals surface area contributed by atoms with Gasteiger partial charge in [-0.3, -0.25) is 4.79 Å². The second-order valence-electron chi connectivity index (χ2n) is 5.72. The lowest BCUT2D eigenvalue weighted by Crippen LogP contribution is -2.35. The van der Waals surface area contributed by atoms with Crippen molar-refractivity contribution in [2.45, 2.75) is 29.7 Å². The third-order valence-electron chi connectivity index (χ3n) is 3.87. The zero-order valence-electron chi connectivity index (χ0n) is 12.6. The molecule has 118 valence electrons. The van der Waals surface area contributed by atoms with Gasteiger partial charge < -0.3 is 10.0 Å². The highest BCUT2D eigenvalue weighted by Gasteiger charge is 2.30. The van der Waals surface area contributed by atoms with Gasteiger partial charge in [0.1, 0.15) is 0 Å². The van der Waals surface area contributed by atoms with Crippen molar-refractivity contribution in [1.82, 2.24) is 9.88 Å². The molecule has 1 aromatic heterocycles. The number of nitrogens with zero attached hydrogens (tertiary/aromatic N) is 2. The quantitative estimate of drug-likeness (QED) is 0.790. The molecule has 1 aliphatic carbocycles. The van der Waals surface area contributed by atoms with Gasteiger partial charge in [0.2, 0.25) is 5.91 Å². The number of aliphatic hydroxyl groups is 1. The molecule has 1 saturated carbocycles. The highest BCUT2D eigenvalue weighted by atomic mass is 32.2. The van der Waals surface area contributed by atoms with Crippen LogP contribution in [0, 0.1) is 5.92 Å². The number of carbonyl (C=O) groups is 1. The van der Waals surface area contributed by atoms with Crippen molar-refractivity contribution in [3.8, 4) is 0 Å². The van der Waals surface area contributed by atoms with E-state index in [1.54, 1.807) is 35.0 Å². The zero-order valence-corrected chi connectivity index (χ0v) is 14.2. The lowest BCUT2D eigenvalue weighted by Gasteiger charge is -2.20. The monoisotopic (exact) mass is 336 g/mol. The van der Waals surface area contributed by atoms with Crippen LogP contribution in [0.15, 0.2) is 28.6 Å². The predicted octanol–water partition coefficient (Wildman–Crippen LogP) is 3.01. The summed E-state index contributed by atoms with van der Waals surface area (Å²) in [6, 6.07) is 8.07. The third kappa shape index (κ3) is 4.00. The normalized spacial score (nSPS) is 15.9. The van der Waals surface area contributed by atoms with E-state index in [1.807, 2.05) is 18.2 Å². The molecule has 0 aliphatic heterocycles. The predicted molar refractivity (Wildman–Crippen MR) is 91.3 cm³/mol. The number of thioether (sulfide) groups is 1. The van der Waals surface area contributed by atoms with Crippen LogP contribution in [-0.4, -0.2) is 46.3 Å². The Morgan fingerprint density at radius 1 is 1.50 bits per heavy atom.